The number of amidine groups is 1. The van der Waals surface area contributed by atoms with E-state index in [0.29, 0.717) is 67.6 Å². The molecule has 10 nitrogen and oxygen atoms in total. The van der Waals surface area contributed by atoms with Gasteiger partial charge >= 0.3 is 0 Å². The monoisotopic (exact) mass is 474 g/mol. The molecule has 10 heteroatoms. The lowest BCUT2D eigenvalue weighted by atomic mass is 10.1. The normalized spacial score (nSPS) is 18.6. The molecule has 1 aromatic carbocycles. The largest absolute Gasteiger partial charge is 0.378 e. The van der Waals surface area contributed by atoms with Gasteiger partial charge in [0.15, 0.2) is 0 Å². The van der Waals surface area contributed by atoms with Crippen LogP contribution in [0.15, 0.2) is 41.5 Å². The zero-order valence-corrected chi connectivity index (χ0v) is 19.7. The van der Waals surface area contributed by atoms with Crippen molar-refractivity contribution < 1.29 is 4.74 Å². The van der Waals surface area contributed by atoms with Crippen LogP contribution in [0.25, 0.3) is 11.0 Å². The van der Waals surface area contributed by atoms with Gasteiger partial charge in [-0.1, -0.05) is 30.3 Å². The fourth-order valence-corrected chi connectivity index (χ4v) is 5.01. The maximum absolute atomic E-state index is 13.8. The number of rotatable bonds is 5. The van der Waals surface area contributed by atoms with Crippen molar-refractivity contribution in [3.8, 4) is 6.07 Å². The first-order valence-electron chi connectivity index (χ1n) is 12.0. The van der Waals surface area contributed by atoms with Crippen molar-refractivity contribution in [2.75, 3.05) is 44.3 Å². The third-order valence-corrected chi connectivity index (χ3v) is 6.77. The van der Waals surface area contributed by atoms with Gasteiger partial charge in [0.1, 0.15) is 34.3 Å². The molecule has 5 rings (SSSR count). The van der Waals surface area contributed by atoms with E-state index in [1.54, 1.807) is 0 Å². The third-order valence-electron chi connectivity index (χ3n) is 6.77. The maximum atomic E-state index is 13.8. The Kier molecular flexibility index (Phi) is 6.53. The van der Waals surface area contributed by atoms with Gasteiger partial charge in [-0.05, 0) is 18.4 Å². The molecule has 35 heavy (non-hydrogen) atoms. The molecule has 2 aliphatic rings. The quantitative estimate of drug-likeness (QED) is 0.422. The van der Waals surface area contributed by atoms with Crippen LogP contribution in [-0.2, 0) is 17.8 Å². The van der Waals surface area contributed by atoms with Crippen LogP contribution in [0, 0.1) is 16.7 Å². The molecule has 2 fully saturated rings. The lowest BCUT2D eigenvalue weighted by molar-refractivity contribution is 0.0666. The first-order valence-corrected chi connectivity index (χ1v) is 12.0. The molecule has 2 aromatic heterocycles. The zero-order chi connectivity index (χ0) is 24.4. The average molecular weight is 475 g/mol. The summed E-state index contributed by atoms with van der Waals surface area (Å²) < 4.78 is 8.77. The zero-order valence-electron chi connectivity index (χ0n) is 19.7. The van der Waals surface area contributed by atoms with E-state index < -0.39 is 0 Å². The van der Waals surface area contributed by atoms with Crippen LogP contribution in [0.5, 0.6) is 0 Å². The van der Waals surface area contributed by atoms with Crippen molar-refractivity contribution in [2.45, 2.75) is 32.0 Å². The first kappa shape index (κ1) is 23.1. The number of fused-ring (bicyclic) bond motifs is 1. The van der Waals surface area contributed by atoms with Gasteiger partial charge in [-0.2, -0.15) is 5.26 Å². The van der Waals surface area contributed by atoms with Gasteiger partial charge < -0.3 is 24.8 Å². The summed E-state index contributed by atoms with van der Waals surface area (Å²) in [5.41, 5.74) is 8.23. The number of benzene rings is 1. The lowest BCUT2D eigenvalue weighted by Gasteiger charge is -2.33. The highest BCUT2D eigenvalue weighted by molar-refractivity contribution is 5.89. The highest BCUT2D eigenvalue weighted by Crippen LogP contribution is 2.32. The number of anilines is 1. The van der Waals surface area contributed by atoms with Crippen molar-refractivity contribution in [1.29, 1.82) is 10.7 Å². The van der Waals surface area contributed by atoms with Crippen LogP contribution in [-0.4, -0.2) is 70.3 Å². The molecule has 0 amide bonds. The lowest BCUT2D eigenvalue weighted by Crippen LogP contribution is -2.44. The van der Waals surface area contributed by atoms with Gasteiger partial charge in [0, 0.05) is 38.8 Å². The number of hydrogen-bond donors (Lipinski definition) is 2. The van der Waals surface area contributed by atoms with Crippen LogP contribution >= 0.6 is 0 Å². The van der Waals surface area contributed by atoms with E-state index in [0.717, 1.165) is 24.9 Å². The summed E-state index contributed by atoms with van der Waals surface area (Å²) in [5, 5.41) is 18.7. The number of nitriles is 1. The van der Waals surface area contributed by atoms with Crippen molar-refractivity contribution in [3.63, 3.8) is 0 Å². The molecule has 3 aromatic rings. The Labute approximate surface area is 203 Å². The second-order valence-corrected chi connectivity index (χ2v) is 9.15. The molecule has 0 spiro atoms. The predicted molar refractivity (Wildman–Crippen MR) is 134 cm³/mol. The summed E-state index contributed by atoms with van der Waals surface area (Å²) in [4.78, 5) is 22.4. The van der Waals surface area contributed by atoms with E-state index in [-0.39, 0.29) is 18.1 Å². The summed E-state index contributed by atoms with van der Waals surface area (Å²) in [5.74, 6) is 1.05. The average Bonchev–Trinajstić information content (AvgIpc) is 3.20. The number of aromatic nitrogens is 3. The molecular formula is C25H30N8O2. The van der Waals surface area contributed by atoms with Crippen molar-refractivity contribution in [3.05, 3.63) is 58.1 Å². The van der Waals surface area contributed by atoms with Crippen LogP contribution in [0.2, 0.25) is 0 Å². The molecule has 0 unspecified atom stereocenters. The molecule has 0 aliphatic carbocycles. The van der Waals surface area contributed by atoms with Crippen LogP contribution in [0.1, 0.15) is 24.0 Å². The van der Waals surface area contributed by atoms with Crippen molar-refractivity contribution in [2.24, 2.45) is 5.73 Å². The second-order valence-electron chi connectivity index (χ2n) is 9.15. The Morgan fingerprint density at radius 2 is 2.00 bits per heavy atom. The van der Waals surface area contributed by atoms with Crippen molar-refractivity contribution in [1.82, 2.24) is 19.0 Å². The molecule has 1 atom stereocenters. The number of morpholine rings is 1. The number of nitrogens with one attached hydrogen (secondary N) is 1. The highest BCUT2D eigenvalue weighted by Gasteiger charge is 2.29. The minimum atomic E-state index is -0.256. The Hall–Kier alpha value is -3.68. The predicted octanol–water partition coefficient (Wildman–Crippen LogP) is 1.35. The van der Waals surface area contributed by atoms with Crippen molar-refractivity contribution >= 4 is 22.7 Å². The van der Waals surface area contributed by atoms with E-state index in [1.165, 1.54) is 10.9 Å². The molecule has 4 heterocycles. The molecule has 182 valence electrons. The van der Waals surface area contributed by atoms with Gasteiger partial charge in [-0.25, -0.2) is 4.98 Å². The molecule has 0 radical (unpaired) electrons. The highest BCUT2D eigenvalue weighted by atomic mass is 16.5. The Morgan fingerprint density at radius 3 is 2.71 bits per heavy atom. The fraction of sp³-hybridized carbons (Fsp3) is 0.440. The molecule has 0 bridgehead atoms. The van der Waals surface area contributed by atoms with E-state index >= 15 is 0 Å². The summed E-state index contributed by atoms with van der Waals surface area (Å²) >= 11 is 0. The van der Waals surface area contributed by atoms with E-state index in [4.69, 9.17) is 15.9 Å². The van der Waals surface area contributed by atoms with Gasteiger partial charge in [-0.3, -0.25) is 14.8 Å². The number of ether oxygens (including phenoxy) is 1. The maximum Gasteiger partial charge on any atom is 0.278 e. The Bertz CT molecular complexity index is 1320. The van der Waals surface area contributed by atoms with Gasteiger partial charge in [-0.15, -0.1) is 0 Å². The van der Waals surface area contributed by atoms with Crippen LogP contribution in [0.3, 0.4) is 0 Å². The smallest absolute Gasteiger partial charge is 0.278 e. The minimum absolute atomic E-state index is 0.0112. The van der Waals surface area contributed by atoms with Gasteiger partial charge in [0.2, 0.25) is 0 Å². The third kappa shape index (κ3) is 4.52. The second kappa shape index (κ2) is 9.90. The van der Waals surface area contributed by atoms with Gasteiger partial charge in [0.25, 0.3) is 5.56 Å². The summed E-state index contributed by atoms with van der Waals surface area (Å²) in [6, 6.07) is 12.2. The summed E-state index contributed by atoms with van der Waals surface area (Å²) in [7, 11) is 0. The van der Waals surface area contributed by atoms with Gasteiger partial charge in [0.05, 0.1) is 26.1 Å². The van der Waals surface area contributed by atoms with Crippen LogP contribution in [0.4, 0.5) is 5.82 Å². The number of hydrogen-bond acceptors (Lipinski definition) is 7. The van der Waals surface area contributed by atoms with Crippen LogP contribution < -0.4 is 16.2 Å². The van der Waals surface area contributed by atoms with E-state index in [1.807, 2.05) is 39.8 Å². The Morgan fingerprint density at radius 1 is 1.23 bits per heavy atom. The molecule has 3 N–H and O–H groups in total. The topological polar surface area (TPSA) is 129 Å². The molecule has 2 saturated heterocycles. The fourth-order valence-electron chi connectivity index (χ4n) is 5.01. The molecular weight excluding hydrogens is 444 g/mol. The van der Waals surface area contributed by atoms with E-state index in [9.17, 15) is 10.1 Å². The number of nitrogens with two attached hydrogens (primary N) is 1. The Balaban J connectivity index is 1.63. The molecule has 0 saturated carbocycles. The summed E-state index contributed by atoms with van der Waals surface area (Å²) in [6.07, 6.45) is 3.32. The number of nitrogens with zero attached hydrogens (tertiary/aromatic N) is 6. The minimum Gasteiger partial charge on any atom is -0.378 e. The summed E-state index contributed by atoms with van der Waals surface area (Å²) in [6.45, 7) is 4.34. The SMILES string of the molecule is N#Cc1c(N2CCC[C@H](N)C2)n(Cc2ccccc2)c2c(=O)n(CC(=N)N3CCOCC3)cnc12. The standard InChI is InChI=1S/C25H30N8O2/c26-13-20-22-23(25(34)32(17-29-22)16-21(28)30-9-11-35-12-10-30)33(14-18-5-2-1-3-6-18)24(20)31-8-4-7-19(27)15-31/h1-3,5-6,17,19,28H,4,7-12,14-16,27H2/t19-/m0/s1. The van der Waals surface area contributed by atoms with E-state index in [2.05, 4.69) is 16.0 Å². The number of piperidine rings is 1. The first-order chi connectivity index (χ1) is 17.1. The molecule has 2 aliphatic heterocycles.